The van der Waals surface area contributed by atoms with Gasteiger partial charge in [0.1, 0.15) is 0 Å². The molecule has 0 bridgehead atoms. The van der Waals surface area contributed by atoms with E-state index >= 15 is 0 Å². The number of imide groups is 1. The van der Waals surface area contributed by atoms with Gasteiger partial charge in [0.25, 0.3) is 0 Å². The van der Waals surface area contributed by atoms with Gasteiger partial charge in [0.2, 0.25) is 5.91 Å². The molecule has 3 rings (SSSR count). The lowest BCUT2D eigenvalue weighted by Crippen LogP contribution is -2.54. The molecule has 0 atom stereocenters. The summed E-state index contributed by atoms with van der Waals surface area (Å²) in [4.78, 5) is 24.7. The van der Waals surface area contributed by atoms with Gasteiger partial charge in [-0.05, 0) is 37.5 Å². The molecule has 1 heterocycles. The van der Waals surface area contributed by atoms with Crippen LogP contribution in [0.25, 0.3) is 0 Å². The van der Waals surface area contributed by atoms with E-state index in [4.69, 9.17) is 0 Å². The Morgan fingerprint density at radius 1 is 1.13 bits per heavy atom. The van der Waals surface area contributed by atoms with E-state index in [-0.39, 0.29) is 11.9 Å². The van der Waals surface area contributed by atoms with Crippen molar-refractivity contribution in [2.45, 2.75) is 38.1 Å². The average molecular weight is 208 g/mol. The molecule has 3 aliphatic rings. The molecule has 0 spiro atoms. The van der Waals surface area contributed by atoms with Gasteiger partial charge in [-0.1, -0.05) is 0 Å². The van der Waals surface area contributed by atoms with Gasteiger partial charge >= 0.3 is 6.03 Å². The van der Waals surface area contributed by atoms with Gasteiger partial charge in [0.15, 0.2) is 0 Å². The first-order valence-electron chi connectivity index (χ1n) is 5.86. The van der Waals surface area contributed by atoms with Gasteiger partial charge in [-0.2, -0.15) is 0 Å². The normalized spacial score (nSPS) is 27.1. The van der Waals surface area contributed by atoms with Crippen LogP contribution in [0.1, 0.15) is 32.1 Å². The summed E-state index contributed by atoms with van der Waals surface area (Å²) in [7, 11) is 0. The molecule has 2 saturated carbocycles. The highest BCUT2D eigenvalue weighted by molar-refractivity contribution is 5.96. The summed E-state index contributed by atoms with van der Waals surface area (Å²) in [6.45, 7) is 0.627. The van der Waals surface area contributed by atoms with Crippen LogP contribution in [0, 0.1) is 11.8 Å². The fourth-order valence-corrected chi connectivity index (χ4v) is 2.63. The number of carbonyl (C=O) groups excluding carboxylic acids is 2. The average Bonchev–Trinajstić information content (AvgIpc) is 3.02. The van der Waals surface area contributed by atoms with E-state index in [1.54, 1.807) is 0 Å². The lowest BCUT2D eigenvalue weighted by Gasteiger charge is -2.34. The maximum absolute atomic E-state index is 11.7. The van der Waals surface area contributed by atoms with Gasteiger partial charge in [-0.3, -0.25) is 10.1 Å². The number of nitrogens with zero attached hydrogens (tertiary/aromatic N) is 1. The summed E-state index contributed by atoms with van der Waals surface area (Å²) >= 11 is 0. The zero-order valence-corrected chi connectivity index (χ0v) is 8.74. The van der Waals surface area contributed by atoms with Crippen LogP contribution in [-0.4, -0.2) is 29.4 Å². The smallest absolute Gasteiger partial charge is 0.320 e. The van der Waals surface area contributed by atoms with Crippen molar-refractivity contribution in [3.05, 3.63) is 0 Å². The highest BCUT2D eigenvalue weighted by atomic mass is 16.2. The quantitative estimate of drug-likeness (QED) is 0.755. The number of carbonyl (C=O) groups is 2. The Labute approximate surface area is 89.0 Å². The van der Waals surface area contributed by atoms with Crippen LogP contribution in [-0.2, 0) is 4.79 Å². The molecule has 0 aromatic heterocycles. The Morgan fingerprint density at radius 3 is 2.20 bits per heavy atom. The van der Waals surface area contributed by atoms with Crippen molar-refractivity contribution < 1.29 is 9.59 Å². The topological polar surface area (TPSA) is 49.4 Å². The van der Waals surface area contributed by atoms with Crippen LogP contribution >= 0.6 is 0 Å². The van der Waals surface area contributed by atoms with E-state index < -0.39 is 0 Å². The molecule has 3 amide bonds. The predicted octanol–water partition coefficient (Wildman–Crippen LogP) is 1.12. The summed E-state index contributed by atoms with van der Waals surface area (Å²) in [6, 6.07) is 0.271. The molecular weight excluding hydrogens is 192 g/mol. The molecule has 0 aromatic carbocycles. The van der Waals surface area contributed by atoms with Crippen LogP contribution in [0.5, 0.6) is 0 Å². The summed E-state index contributed by atoms with van der Waals surface area (Å²) in [5.74, 6) is 1.31. The van der Waals surface area contributed by atoms with Crippen LogP contribution in [0.3, 0.4) is 0 Å². The van der Waals surface area contributed by atoms with Gasteiger partial charge in [0.05, 0.1) is 0 Å². The molecule has 15 heavy (non-hydrogen) atoms. The van der Waals surface area contributed by atoms with Gasteiger partial charge in [-0.25, -0.2) is 4.79 Å². The second kappa shape index (κ2) is 3.22. The predicted molar refractivity (Wildman–Crippen MR) is 54.1 cm³/mol. The number of rotatable bonds is 3. The zero-order chi connectivity index (χ0) is 10.4. The Bertz CT molecular complexity index is 296. The molecule has 82 valence electrons. The first-order valence-corrected chi connectivity index (χ1v) is 5.86. The van der Waals surface area contributed by atoms with Crippen LogP contribution in [0.4, 0.5) is 4.79 Å². The maximum atomic E-state index is 11.7. The van der Waals surface area contributed by atoms with E-state index in [2.05, 4.69) is 5.32 Å². The lowest BCUT2D eigenvalue weighted by atomic mass is 10.0. The summed E-state index contributed by atoms with van der Waals surface area (Å²) in [6.07, 6.45) is 5.53. The monoisotopic (exact) mass is 208 g/mol. The lowest BCUT2D eigenvalue weighted by molar-refractivity contribution is -0.121. The number of nitrogens with one attached hydrogen (secondary N) is 1. The van der Waals surface area contributed by atoms with Crippen molar-refractivity contribution in [2.75, 3.05) is 6.54 Å². The van der Waals surface area contributed by atoms with Crippen molar-refractivity contribution in [2.24, 2.45) is 11.8 Å². The minimum absolute atomic E-state index is 0.124. The molecular formula is C11H16N2O2. The summed E-state index contributed by atoms with van der Waals surface area (Å²) in [5, 5.41) is 2.42. The van der Waals surface area contributed by atoms with E-state index in [1.807, 2.05) is 4.90 Å². The van der Waals surface area contributed by atoms with Crippen LogP contribution in [0.2, 0.25) is 0 Å². The van der Waals surface area contributed by atoms with Crippen molar-refractivity contribution >= 4 is 11.9 Å². The fraction of sp³-hybridized carbons (Fsp3) is 0.818. The molecule has 4 heteroatoms. The first kappa shape index (κ1) is 9.19. The van der Waals surface area contributed by atoms with Gasteiger partial charge in [-0.15, -0.1) is 0 Å². The van der Waals surface area contributed by atoms with Crippen molar-refractivity contribution in [3.8, 4) is 0 Å². The summed E-state index contributed by atoms with van der Waals surface area (Å²) in [5.41, 5.74) is 0. The molecule has 4 nitrogen and oxygen atoms in total. The Morgan fingerprint density at radius 2 is 1.73 bits per heavy atom. The largest absolute Gasteiger partial charge is 0.324 e. The van der Waals surface area contributed by atoms with E-state index in [0.29, 0.717) is 19.0 Å². The first-order chi connectivity index (χ1) is 7.25. The highest BCUT2D eigenvalue weighted by Crippen LogP contribution is 2.47. The molecule has 0 unspecified atom stereocenters. The SMILES string of the molecule is O=C1CCN(C(C2CC2)C2CC2)C(=O)N1. The third kappa shape index (κ3) is 1.73. The minimum Gasteiger partial charge on any atom is -0.320 e. The minimum atomic E-state index is -0.157. The van der Waals surface area contributed by atoms with Gasteiger partial charge in [0, 0.05) is 19.0 Å². The molecule has 1 saturated heterocycles. The van der Waals surface area contributed by atoms with Crippen molar-refractivity contribution in [1.82, 2.24) is 10.2 Å². The fourth-order valence-electron chi connectivity index (χ4n) is 2.63. The Kier molecular flexibility index (Phi) is 1.97. The molecule has 1 N–H and O–H groups in total. The number of urea groups is 1. The summed E-state index contributed by atoms with van der Waals surface area (Å²) < 4.78 is 0. The Balaban J connectivity index is 1.73. The number of amides is 3. The van der Waals surface area contributed by atoms with E-state index in [0.717, 1.165) is 11.8 Å². The van der Waals surface area contributed by atoms with Crippen molar-refractivity contribution in [1.29, 1.82) is 0 Å². The Hall–Kier alpha value is -1.06. The number of hydrogen-bond donors (Lipinski definition) is 1. The molecule has 0 radical (unpaired) electrons. The van der Waals surface area contributed by atoms with Crippen LogP contribution in [0.15, 0.2) is 0 Å². The van der Waals surface area contributed by atoms with Gasteiger partial charge < -0.3 is 4.90 Å². The molecule has 1 aliphatic heterocycles. The second-order valence-corrected chi connectivity index (χ2v) is 4.96. The highest BCUT2D eigenvalue weighted by Gasteiger charge is 2.47. The zero-order valence-electron chi connectivity index (χ0n) is 8.74. The van der Waals surface area contributed by atoms with Crippen molar-refractivity contribution in [3.63, 3.8) is 0 Å². The van der Waals surface area contributed by atoms with E-state index in [9.17, 15) is 9.59 Å². The molecule has 0 aromatic rings. The molecule has 2 aliphatic carbocycles. The van der Waals surface area contributed by atoms with E-state index in [1.165, 1.54) is 25.7 Å². The second-order valence-electron chi connectivity index (χ2n) is 4.96. The molecule has 3 fully saturated rings. The third-order valence-electron chi connectivity index (χ3n) is 3.66. The third-order valence-corrected chi connectivity index (χ3v) is 3.66. The standard InChI is InChI=1S/C11H16N2O2/c14-9-5-6-13(11(15)12-9)10(7-1-2-7)8-3-4-8/h7-8,10H,1-6H2,(H,12,14,15). The number of hydrogen-bond acceptors (Lipinski definition) is 2. The van der Waals surface area contributed by atoms with Crippen LogP contribution < -0.4 is 5.32 Å². The maximum Gasteiger partial charge on any atom is 0.324 e.